The molecule has 0 spiro atoms. The second kappa shape index (κ2) is 11.5. The lowest BCUT2D eigenvalue weighted by molar-refractivity contribution is -0.147. The lowest BCUT2D eigenvalue weighted by atomic mass is 9.95. The number of carbonyl (C=O) groups is 2. The fourth-order valence-corrected chi connectivity index (χ4v) is 4.36. The van der Waals surface area contributed by atoms with Crippen LogP contribution in [0.1, 0.15) is 39.5 Å². The fourth-order valence-electron chi connectivity index (χ4n) is 4.36. The van der Waals surface area contributed by atoms with Crippen molar-refractivity contribution in [1.82, 2.24) is 15.3 Å². The summed E-state index contributed by atoms with van der Waals surface area (Å²) in [6.07, 6.45) is 3.81. The van der Waals surface area contributed by atoms with E-state index in [-0.39, 0.29) is 36.5 Å². The number of urea groups is 1. The standard InChI is InChI=1S/C22H34N4O3.ClH/c1-4-19(21(27)29-3)16-25-17(2)26(20-8-6-5-7-9-20)22(28)24(25)15-12-18-10-13-23-14-11-18;/h5-9,17-19,23H,4,10-16H2,1-3H3;1H. The van der Waals surface area contributed by atoms with Crippen LogP contribution < -0.4 is 10.2 Å². The van der Waals surface area contributed by atoms with Crippen LogP contribution in [0.2, 0.25) is 0 Å². The molecule has 2 heterocycles. The van der Waals surface area contributed by atoms with Crippen molar-refractivity contribution >= 4 is 30.1 Å². The van der Waals surface area contributed by atoms with Crippen molar-refractivity contribution in [2.75, 3.05) is 38.2 Å². The Morgan fingerprint density at radius 1 is 1.23 bits per heavy atom. The van der Waals surface area contributed by atoms with Gasteiger partial charge in [0.15, 0.2) is 0 Å². The van der Waals surface area contributed by atoms with Crippen LogP contribution >= 0.6 is 12.4 Å². The second-order valence-electron chi connectivity index (χ2n) is 7.98. The second-order valence-corrected chi connectivity index (χ2v) is 7.98. The fraction of sp³-hybridized carbons (Fsp3) is 0.636. The van der Waals surface area contributed by atoms with Crippen LogP contribution in [0.3, 0.4) is 0 Å². The number of rotatable bonds is 8. The van der Waals surface area contributed by atoms with Gasteiger partial charge in [0.05, 0.1) is 13.0 Å². The molecular formula is C22H35ClN4O3. The summed E-state index contributed by atoms with van der Waals surface area (Å²) < 4.78 is 4.99. The monoisotopic (exact) mass is 438 g/mol. The van der Waals surface area contributed by atoms with Crippen LogP contribution in [0, 0.1) is 11.8 Å². The molecule has 1 N–H and O–H groups in total. The van der Waals surface area contributed by atoms with E-state index in [4.69, 9.17) is 4.74 Å². The van der Waals surface area contributed by atoms with Crippen molar-refractivity contribution in [2.45, 2.75) is 45.7 Å². The molecule has 2 aliphatic rings. The summed E-state index contributed by atoms with van der Waals surface area (Å²) in [4.78, 5) is 27.4. The molecule has 0 saturated carbocycles. The number of benzene rings is 1. The molecule has 2 aliphatic heterocycles. The zero-order chi connectivity index (χ0) is 20.8. The quantitative estimate of drug-likeness (QED) is 0.629. The van der Waals surface area contributed by atoms with Crippen LogP contribution in [0.25, 0.3) is 0 Å². The SMILES string of the molecule is CCC(CN1C(C)N(c2ccccc2)C(=O)N1CCC1CCNCC1)C(=O)OC.Cl. The van der Waals surface area contributed by atoms with E-state index in [9.17, 15) is 9.59 Å². The molecule has 3 rings (SSSR count). The number of para-hydroxylation sites is 1. The van der Waals surface area contributed by atoms with E-state index in [2.05, 4.69) is 10.3 Å². The third kappa shape index (κ3) is 5.45. The summed E-state index contributed by atoms with van der Waals surface area (Å²) in [5.41, 5.74) is 0.880. The number of piperidine rings is 1. The summed E-state index contributed by atoms with van der Waals surface area (Å²) in [5, 5.41) is 7.31. The van der Waals surface area contributed by atoms with Crippen molar-refractivity contribution in [1.29, 1.82) is 0 Å². The lowest BCUT2D eigenvalue weighted by Gasteiger charge is -2.33. The van der Waals surface area contributed by atoms with E-state index < -0.39 is 0 Å². The van der Waals surface area contributed by atoms with Gasteiger partial charge in [0.1, 0.15) is 6.17 Å². The number of anilines is 1. The maximum atomic E-state index is 13.4. The molecule has 0 radical (unpaired) electrons. The number of hydrogen-bond donors (Lipinski definition) is 1. The maximum absolute atomic E-state index is 13.4. The maximum Gasteiger partial charge on any atom is 0.340 e. The molecule has 2 saturated heterocycles. The number of nitrogens with one attached hydrogen (secondary N) is 1. The Morgan fingerprint density at radius 3 is 2.50 bits per heavy atom. The highest BCUT2D eigenvalue weighted by Crippen LogP contribution is 2.30. The van der Waals surface area contributed by atoms with Gasteiger partial charge < -0.3 is 10.1 Å². The largest absolute Gasteiger partial charge is 0.469 e. The summed E-state index contributed by atoms with van der Waals surface area (Å²) in [6, 6.07) is 9.74. The van der Waals surface area contributed by atoms with Gasteiger partial charge in [-0.2, -0.15) is 5.01 Å². The van der Waals surface area contributed by atoms with Crippen molar-refractivity contribution in [3.05, 3.63) is 30.3 Å². The molecule has 0 aromatic heterocycles. The number of nitrogens with zero attached hydrogens (tertiary/aromatic N) is 3. The van der Waals surface area contributed by atoms with E-state index >= 15 is 0 Å². The Bertz CT molecular complexity index is 684. The topological polar surface area (TPSA) is 65.1 Å². The number of carbonyl (C=O) groups excluding carboxylic acids is 2. The number of hydrazine groups is 1. The Labute approximate surface area is 186 Å². The van der Waals surface area contributed by atoms with Crippen molar-refractivity contribution in [2.24, 2.45) is 11.8 Å². The minimum atomic E-state index is -0.257. The highest BCUT2D eigenvalue weighted by molar-refractivity contribution is 5.94. The molecule has 0 bridgehead atoms. The van der Waals surface area contributed by atoms with Crippen LogP contribution in [-0.2, 0) is 9.53 Å². The number of esters is 1. The molecular weight excluding hydrogens is 404 g/mol. The van der Waals surface area contributed by atoms with E-state index in [1.54, 1.807) is 0 Å². The van der Waals surface area contributed by atoms with Crippen LogP contribution in [0.5, 0.6) is 0 Å². The van der Waals surface area contributed by atoms with Gasteiger partial charge in [0.2, 0.25) is 0 Å². The molecule has 2 atom stereocenters. The van der Waals surface area contributed by atoms with E-state index in [1.807, 2.05) is 54.1 Å². The number of ether oxygens (including phenoxy) is 1. The first-order chi connectivity index (χ1) is 14.1. The highest BCUT2D eigenvalue weighted by Gasteiger charge is 2.43. The predicted molar refractivity (Wildman–Crippen MR) is 120 cm³/mol. The molecule has 1 aromatic carbocycles. The van der Waals surface area contributed by atoms with Gasteiger partial charge in [-0.15, -0.1) is 12.4 Å². The molecule has 30 heavy (non-hydrogen) atoms. The van der Waals surface area contributed by atoms with Gasteiger partial charge in [-0.05, 0) is 63.7 Å². The minimum absolute atomic E-state index is 0. The average molecular weight is 439 g/mol. The first-order valence-electron chi connectivity index (χ1n) is 10.8. The van der Waals surface area contributed by atoms with Crippen LogP contribution in [-0.4, -0.2) is 61.5 Å². The summed E-state index contributed by atoms with van der Waals surface area (Å²) in [7, 11) is 1.43. The van der Waals surface area contributed by atoms with Crippen LogP contribution in [0.4, 0.5) is 10.5 Å². The Kier molecular flexibility index (Phi) is 9.39. The average Bonchev–Trinajstić information content (AvgIpc) is 3.00. The van der Waals surface area contributed by atoms with Gasteiger partial charge in [0.25, 0.3) is 0 Å². The Balaban J connectivity index is 0.00000320. The lowest BCUT2D eigenvalue weighted by Crippen LogP contribution is -2.46. The highest BCUT2D eigenvalue weighted by atomic mass is 35.5. The van der Waals surface area contributed by atoms with Crippen molar-refractivity contribution in [3.63, 3.8) is 0 Å². The van der Waals surface area contributed by atoms with Crippen molar-refractivity contribution < 1.29 is 14.3 Å². The molecule has 1 aromatic rings. The van der Waals surface area contributed by atoms with Gasteiger partial charge >= 0.3 is 12.0 Å². The first kappa shape index (κ1) is 24.4. The summed E-state index contributed by atoms with van der Waals surface area (Å²) in [5.74, 6) is 0.158. The van der Waals surface area contributed by atoms with E-state index in [0.717, 1.165) is 38.0 Å². The Morgan fingerprint density at radius 2 is 1.90 bits per heavy atom. The summed E-state index contributed by atoms with van der Waals surface area (Å²) >= 11 is 0. The molecule has 2 amide bonds. The number of halogens is 1. The normalized spacial score (nSPS) is 21.4. The van der Waals surface area contributed by atoms with E-state index in [1.165, 1.54) is 7.11 Å². The molecule has 168 valence electrons. The molecule has 2 unspecified atom stereocenters. The van der Waals surface area contributed by atoms with Gasteiger partial charge in [-0.1, -0.05) is 25.1 Å². The predicted octanol–water partition coefficient (Wildman–Crippen LogP) is 3.50. The third-order valence-electron chi connectivity index (χ3n) is 6.22. The van der Waals surface area contributed by atoms with Crippen molar-refractivity contribution in [3.8, 4) is 0 Å². The zero-order valence-corrected chi connectivity index (χ0v) is 19.1. The third-order valence-corrected chi connectivity index (χ3v) is 6.22. The summed E-state index contributed by atoms with van der Waals surface area (Å²) in [6.45, 7) is 7.27. The first-order valence-corrected chi connectivity index (χ1v) is 10.8. The van der Waals surface area contributed by atoms with Crippen LogP contribution in [0.15, 0.2) is 30.3 Å². The molecule has 8 heteroatoms. The smallest absolute Gasteiger partial charge is 0.340 e. The zero-order valence-electron chi connectivity index (χ0n) is 18.3. The Hall–Kier alpha value is -1.83. The minimum Gasteiger partial charge on any atom is -0.469 e. The number of methoxy groups -OCH3 is 1. The van der Waals surface area contributed by atoms with Gasteiger partial charge in [-0.25, -0.2) is 4.79 Å². The number of amides is 2. The van der Waals surface area contributed by atoms with Gasteiger partial charge in [0, 0.05) is 18.8 Å². The molecule has 0 aliphatic carbocycles. The van der Waals surface area contributed by atoms with E-state index in [0.29, 0.717) is 25.4 Å². The molecule has 7 nitrogen and oxygen atoms in total. The molecule has 2 fully saturated rings. The van der Waals surface area contributed by atoms with Gasteiger partial charge in [-0.3, -0.25) is 14.7 Å². The number of hydrogen-bond acceptors (Lipinski definition) is 5.